The Kier molecular flexibility index (Phi) is 5.28. The molecule has 0 unspecified atom stereocenters. The van der Waals surface area contributed by atoms with E-state index in [1.807, 2.05) is 7.05 Å². The van der Waals surface area contributed by atoms with Gasteiger partial charge in [0.05, 0.1) is 17.5 Å². The summed E-state index contributed by atoms with van der Waals surface area (Å²) in [5.41, 5.74) is 1.50. The van der Waals surface area contributed by atoms with Crippen molar-refractivity contribution in [2.75, 3.05) is 20.1 Å². The number of nitrogens with one attached hydrogen (secondary N) is 2. The largest absolute Gasteiger partial charge is 0.435 e. The first-order valence-corrected chi connectivity index (χ1v) is 8.13. The predicted octanol–water partition coefficient (Wildman–Crippen LogP) is 2.50. The molecule has 0 radical (unpaired) electrons. The third-order valence-corrected chi connectivity index (χ3v) is 4.41. The molecule has 0 bridgehead atoms. The summed E-state index contributed by atoms with van der Waals surface area (Å²) in [7, 11) is 1.92. The first-order chi connectivity index (χ1) is 12.1. The minimum Gasteiger partial charge on any atom is -0.435 e. The Morgan fingerprint density at radius 2 is 2.16 bits per heavy atom. The van der Waals surface area contributed by atoms with E-state index in [0.717, 1.165) is 12.8 Å². The van der Waals surface area contributed by atoms with E-state index in [1.165, 1.54) is 18.3 Å². The molecule has 2 aromatic rings. The molecule has 2 N–H and O–H groups in total. The Labute approximate surface area is 144 Å². The van der Waals surface area contributed by atoms with Crippen molar-refractivity contribution in [2.45, 2.75) is 25.5 Å². The van der Waals surface area contributed by atoms with Gasteiger partial charge in [0, 0.05) is 24.7 Å². The highest BCUT2D eigenvalue weighted by molar-refractivity contribution is 5.99. The van der Waals surface area contributed by atoms with Gasteiger partial charge in [-0.15, -0.1) is 0 Å². The molecule has 6 nitrogen and oxygen atoms in total. The van der Waals surface area contributed by atoms with Crippen LogP contribution in [0.15, 0.2) is 30.5 Å². The minimum atomic E-state index is -2.90. The van der Waals surface area contributed by atoms with Crippen LogP contribution in [0.25, 0.3) is 11.3 Å². The van der Waals surface area contributed by atoms with Gasteiger partial charge in [0.2, 0.25) is 0 Å². The van der Waals surface area contributed by atoms with Crippen LogP contribution in [0.1, 0.15) is 23.2 Å². The number of piperidine rings is 1. The predicted molar refractivity (Wildman–Crippen MR) is 88.6 cm³/mol. The fraction of sp³-hybridized carbons (Fsp3) is 0.412. The van der Waals surface area contributed by atoms with Crippen LogP contribution < -0.4 is 10.1 Å². The molecule has 25 heavy (non-hydrogen) atoms. The van der Waals surface area contributed by atoms with Crippen LogP contribution >= 0.6 is 0 Å². The van der Waals surface area contributed by atoms with Crippen LogP contribution in [0.5, 0.6) is 5.75 Å². The van der Waals surface area contributed by atoms with Crippen LogP contribution in [-0.4, -0.2) is 53.8 Å². The average molecular weight is 350 g/mol. The fourth-order valence-corrected chi connectivity index (χ4v) is 3.04. The highest BCUT2D eigenvalue weighted by Gasteiger charge is 2.25. The van der Waals surface area contributed by atoms with Crippen molar-refractivity contribution in [3.05, 3.63) is 36.0 Å². The summed E-state index contributed by atoms with van der Waals surface area (Å²) < 4.78 is 29.2. The first-order valence-electron chi connectivity index (χ1n) is 8.13. The Morgan fingerprint density at radius 1 is 1.40 bits per heavy atom. The van der Waals surface area contributed by atoms with E-state index < -0.39 is 6.61 Å². The van der Waals surface area contributed by atoms with Crippen LogP contribution in [0, 0.1) is 0 Å². The summed E-state index contributed by atoms with van der Waals surface area (Å²) in [4.78, 5) is 14.6. The van der Waals surface area contributed by atoms with Gasteiger partial charge in [-0.3, -0.25) is 9.89 Å². The van der Waals surface area contributed by atoms with Gasteiger partial charge >= 0.3 is 6.61 Å². The maximum Gasteiger partial charge on any atom is 0.387 e. The summed E-state index contributed by atoms with van der Waals surface area (Å²) in [6, 6.07) is 6.65. The number of ether oxygens (including phenoxy) is 1. The molecule has 0 spiro atoms. The van der Waals surface area contributed by atoms with Gasteiger partial charge in [-0.05, 0) is 32.0 Å². The fourth-order valence-electron chi connectivity index (χ4n) is 3.04. The number of hydrogen-bond donors (Lipinski definition) is 2. The second-order valence-corrected chi connectivity index (χ2v) is 5.92. The normalized spacial score (nSPS) is 15.6. The smallest absolute Gasteiger partial charge is 0.387 e. The highest BCUT2D eigenvalue weighted by Crippen LogP contribution is 2.27. The number of halogens is 2. The number of aromatic nitrogens is 2. The lowest BCUT2D eigenvalue weighted by Crippen LogP contribution is -2.44. The summed E-state index contributed by atoms with van der Waals surface area (Å²) in [6.07, 6.45) is 3.27. The quantitative estimate of drug-likeness (QED) is 0.869. The van der Waals surface area contributed by atoms with Crippen molar-refractivity contribution >= 4 is 5.91 Å². The third-order valence-electron chi connectivity index (χ3n) is 4.41. The Morgan fingerprint density at radius 3 is 2.84 bits per heavy atom. The zero-order valence-corrected chi connectivity index (χ0v) is 13.8. The van der Waals surface area contributed by atoms with E-state index in [-0.39, 0.29) is 11.7 Å². The molecule has 2 heterocycles. The van der Waals surface area contributed by atoms with Crippen molar-refractivity contribution in [1.82, 2.24) is 20.4 Å². The van der Waals surface area contributed by atoms with Crippen LogP contribution in [-0.2, 0) is 0 Å². The lowest BCUT2D eigenvalue weighted by Gasteiger charge is -2.31. The van der Waals surface area contributed by atoms with Gasteiger partial charge in [0.25, 0.3) is 5.91 Å². The van der Waals surface area contributed by atoms with Crippen molar-refractivity contribution in [3.63, 3.8) is 0 Å². The van der Waals surface area contributed by atoms with E-state index in [1.54, 1.807) is 17.0 Å². The Bertz CT molecular complexity index is 727. The number of alkyl halides is 2. The van der Waals surface area contributed by atoms with E-state index in [9.17, 15) is 13.6 Å². The molecule has 1 aliphatic heterocycles. The number of benzene rings is 1. The van der Waals surface area contributed by atoms with Crippen LogP contribution in [0.3, 0.4) is 0 Å². The van der Waals surface area contributed by atoms with Gasteiger partial charge in [0.1, 0.15) is 5.75 Å². The summed E-state index contributed by atoms with van der Waals surface area (Å²) in [5.74, 6) is -0.0752. The summed E-state index contributed by atoms with van der Waals surface area (Å²) in [5, 5.41) is 9.98. The number of rotatable bonds is 5. The van der Waals surface area contributed by atoms with E-state index >= 15 is 0 Å². The van der Waals surface area contributed by atoms with Gasteiger partial charge in [-0.1, -0.05) is 12.1 Å². The molecule has 134 valence electrons. The zero-order chi connectivity index (χ0) is 17.8. The van der Waals surface area contributed by atoms with E-state index in [0.29, 0.717) is 36.0 Å². The topological polar surface area (TPSA) is 70.2 Å². The minimum absolute atomic E-state index is 0.0373. The van der Waals surface area contributed by atoms with Crippen LogP contribution in [0.2, 0.25) is 0 Å². The molecule has 1 amide bonds. The zero-order valence-electron chi connectivity index (χ0n) is 13.8. The molecule has 8 heteroatoms. The monoisotopic (exact) mass is 350 g/mol. The number of carbonyl (C=O) groups excluding carboxylic acids is 1. The molecular weight excluding hydrogens is 330 g/mol. The van der Waals surface area contributed by atoms with E-state index in [2.05, 4.69) is 20.3 Å². The van der Waals surface area contributed by atoms with Crippen molar-refractivity contribution in [1.29, 1.82) is 0 Å². The molecular formula is C17H20F2N4O2. The number of likely N-dealkylation sites (tertiary alicyclic amines) is 1. The highest BCUT2D eigenvalue weighted by atomic mass is 19.3. The molecule has 1 fully saturated rings. The second-order valence-electron chi connectivity index (χ2n) is 5.92. The molecule has 0 saturated carbocycles. The van der Waals surface area contributed by atoms with Gasteiger partial charge in [-0.2, -0.15) is 13.9 Å². The van der Waals surface area contributed by atoms with Gasteiger partial charge < -0.3 is 15.0 Å². The lowest BCUT2D eigenvalue weighted by molar-refractivity contribution is -0.0498. The molecule has 1 saturated heterocycles. The number of carbonyl (C=O) groups is 1. The maximum atomic E-state index is 12.8. The Hall–Kier alpha value is -2.48. The molecule has 1 aromatic carbocycles. The van der Waals surface area contributed by atoms with Gasteiger partial charge in [-0.25, -0.2) is 0 Å². The second kappa shape index (κ2) is 7.60. The van der Waals surface area contributed by atoms with Gasteiger partial charge in [0.15, 0.2) is 0 Å². The molecule has 3 rings (SSSR count). The molecule has 0 atom stereocenters. The number of aromatic amines is 1. The number of H-pyrrole nitrogens is 1. The summed E-state index contributed by atoms with van der Waals surface area (Å²) in [6.45, 7) is -1.56. The number of nitrogens with zero attached hydrogens (tertiary/aromatic N) is 2. The van der Waals surface area contributed by atoms with Crippen molar-refractivity contribution < 1.29 is 18.3 Å². The number of hydrogen-bond acceptors (Lipinski definition) is 4. The van der Waals surface area contributed by atoms with E-state index in [4.69, 9.17) is 0 Å². The van der Waals surface area contributed by atoms with Crippen molar-refractivity contribution in [3.8, 4) is 17.0 Å². The Balaban J connectivity index is 1.80. The molecule has 1 aliphatic rings. The first kappa shape index (κ1) is 17.3. The lowest BCUT2D eigenvalue weighted by atomic mass is 10.0. The maximum absolute atomic E-state index is 12.8. The SMILES string of the molecule is CNC1CCN(C(=O)c2cn[nH]c2-c2cccc(OC(F)F)c2)CC1. The third kappa shape index (κ3) is 3.96. The van der Waals surface area contributed by atoms with Crippen molar-refractivity contribution in [2.24, 2.45) is 0 Å². The summed E-state index contributed by atoms with van der Waals surface area (Å²) >= 11 is 0. The van der Waals surface area contributed by atoms with Crippen LogP contribution in [0.4, 0.5) is 8.78 Å². The number of amides is 1. The molecule has 1 aromatic heterocycles. The molecule has 0 aliphatic carbocycles. The standard InChI is InChI=1S/C17H20F2N4O2/c1-20-12-5-7-23(8-6-12)16(24)14-10-21-22-15(14)11-3-2-4-13(9-11)25-17(18)19/h2-4,9-10,12,17,20H,5-8H2,1H3,(H,21,22). The average Bonchev–Trinajstić information content (AvgIpc) is 3.10.